The summed E-state index contributed by atoms with van der Waals surface area (Å²) >= 11 is 1.82. The molecule has 1 saturated heterocycles. The molecule has 4 nitrogen and oxygen atoms in total. The van der Waals surface area contributed by atoms with Crippen LogP contribution in [0.2, 0.25) is 0 Å². The highest BCUT2D eigenvalue weighted by Crippen LogP contribution is 2.39. The zero-order chi connectivity index (χ0) is 17.7. The van der Waals surface area contributed by atoms with Gasteiger partial charge in [0.25, 0.3) is 0 Å². The van der Waals surface area contributed by atoms with Crippen LogP contribution in [0.25, 0.3) is 32.0 Å². The Hall–Kier alpha value is -2.24. The molecule has 0 aliphatic carbocycles. The van der Waals surface area contributed by atoms with Crippen molar-refractivity contribution in [2.75, 3.05) is 6.54 Å². The van der Waals surface area contributed by atoms with Crippen molar-refractivity contribution in [1.29, 1.82) is 0 Å². The molecule has 3 aliphatic heterocycles. The first kappa shape index (κ1) is 16.0. The average molecular weight is 363 g/mol. The van der Waals surface area contributed by atoms with E-state index < -0.39 is 0 Å². The van der Waals surface area contributed by atoms with Gasteiger partial charge in [-0.25, -0.2) is 9.97 Å². The molecule has 4 heterocycles. The van der Waals surface area contributed by atoms with Crippen LogP contribution in [-0.2, 0) is 0 Å². The molecule has 0 radical (unpaired) electrons. The number of rotatable bonds is 2. The first-order valence-electron chi connectivity index (χ1n) is 9.26. The topological polar surface area (TPSA) is 53.6 Å². The Bertz CT molecular complexity index is 1050. The largest absolute Gasteiger partial charge is 0.342 e. The van der Waals surface area contributed by atoms with Crippen LogP contribution in [0.5, 0.6) is 0 Å². The smallest absolute Gasteiger partial charge is 0.109 e. The van der Waals surface area contributed by atoms with Crippen LogP contribution in [-0.4, -0.2) is 27.5 Å². The molecule has 3 aliphatic rings. The SMILES string of the molecule is Cc1c(-c2cc3[nH]c(C4CCNC(C)C4)ncc-3n2)sc2ccccc12. The normalized spacial score (nSPS) is 20.8. The van der Waals surface area contributed by atoms with Crippen LogP contribution in [0.15, 0.2) is 36.5 Å². The zero-order valence-electron chi connectivity index (χ0n) is 15.0. The summed E-state index contributed by atoms with van der Waals surface area (Å²) in [6.45, 7) is 5.50. The number of thiophene rings is 1. The van der Waals surface area contributed by atoms with Crippen molar-refractivity contribution in [2.45, 2.75) is 38.6 Å². The van der Waals surface area contributed by atoms with Crippen molar-refractivity contribution in [2.24, 2.45) is 0 Å². The summed E-state index contributed by atoms with van der Waals surface area (Å²) in [5.41, 5.74) is 4.40. The van der Waals surface area contributed by atoms with Gasteiger partial charge >= 0.3 is 0 Å². The number of piperidine rings is 1. The van der Waals surface area contributed by atoms with E-state index in [-0.39, 0.29) is 0 Å². The molecular weight excluding hydrogens is 340 g/mol. The quantitative estimate of drug-likeness (QED) is 0.530. The molecule has 0 amide bonds. The van der Waals surface area contributed by atoms with Gasteiger partial charge in [-0.05, 0) is 56.3 Å². The molecule has 1 aromatic heterocycles. The van der Waals surface area contributed by atoms with E-state index in [1.807, 2.05) is 17.5 Å². The minimum atomic E-state index is 0.500. The zero-order valence-corrected chi connectivity index (χ0v) is 15.9. The molecule has 2 unspecified atom stereocenters. The highest BCUT2D eigenvalue weighted by molar-refractivity contribution is 7.22. The highest BCUT2D eigenvalue weighted by Gasteiger charge is 2.23. The summed E-state index contributed by atoms with van der Waals surface area (Å²) in [5, 5.41) is 4.84. The Morgan fingerprint density at radius 1 is 1.19 bits per heavy atom. The molecule has 2 N–H and O–H groups in total. The first-order chi connectivity index (χ1) is 12.7. The van der Waals surface area contributed by atoms with E-state index in [4.69, 9.17) is 9.97 Å². The van der Waals surface area contributed by atoms with Crippen molar-refractivity contribution in [3.8, 4) is 22.0 Å². The van der Waals surface area contributed by atoms with Crippen LogP contribution in [0, 0.1) is 6.92 Å². The lowest BCUT2D eigenvalue weighted by Crippen LogP contribution is -2.35. The lowest BCUT2D eigenvalue weighted by atomic mass is 9.92. The van der Waals surface area contributed by atoms with Gasteiger partial charge in [-0.3, -0.25) is 0 Å². The summed E-state index contributed by atoms with van der Waals surface area (Å²) in [5.74, 6) is 1.60. The van der Waals surface area contributed by atoms with Crippen molar-refractivity contribution < 1.29 is 0 Å². The monoisotopic (exact) mass is 362 g/mol. The molecule has 0 bridgehead atoms. The molecule has 132 valence electrons. The van der Waals surface area contributed by atoms with Gasteiger partial charge in [0.1, 0.15) is 11.5 Å². The van der Waals surface area contributed by atoms with E-state index in [1.165, 1.54) is 20.5 Å². The second-order valence-corrected chi connectivity index (χ2v) is 8.39. The Kier molecular flexibility index (Phi) is 3.80. The molecule has 2 aromatic rings. The van der Waals surface area contributed by atoms with Crippen LogP contribution < -0.4 is 5.32 Å². The van der Waals surface area contributed by atoms with Gasteiger partial charge in [0.05, 0.1) is 22.5 Å². The molecule has 5 rings (SSSR count). The fraction of sp³-hybridized carbons (Fsp3) is 0.333. The summed E-state index contributed by atoms with van der Waals surface area (Å²) in [7, 11) is 0. The number of hydrogen-bond donors (Lipinski definition) is 2. The molecule has 0 spiro atoms. The number of aromatic amines is 1. The lowest BCUT2D eigenvalue weighted by molar-refractivity contribution is 0.371. The fourth-order valence-electron chi connectivity index (χ4n) is 4.06. The molecule has 1 fully saturated rings. The molecule has 2 atom stereocenters. The number of aryl methyl sites for hydroxylation is 1. The maximum Gasteiger partial charge on any atom is 0.109 e. The first-order valence-corrected chi connectivity index (χ1v) is 10.1. The highest BCUT2D eigenvalue weighted by atomic mass is 32.1. The van der Waals surface area contributed by atoms with Crippen molar-refractivity contribution in [1.82, 2.24) is 20.3 Å². The maximum absolute atomic E-state index is 4.84. The van der Waals surface area contributed by atoms with E-state index in [0.29, 0.717) is 12.0 Å². The number of fused-ring (bicyclic) bond motifs is 2. The third-order valence-electron chi connectivity index (χ3n) is 5.47. The second kappa shape index (κ2) is 6.18. The minimum absolute atomic E-state index is 0.500. The number of nitrogens with one attached hydrogen (secondary N) is 2. The van der Waals surface area contributed by atoms with Gasteiger partial charge in [-0.2, -0.15) is 0 Å². The lowest BCUT2D eigenvalue weighted by Gasteiger charge is -2.27. The van der Waals surface area contributed by atoms with Crippen molar-refractivity contribution >= 4 is 21.4 Å². The maximum atomic E-state index is 4.84. The number of nitrogens with zero attached hydrogens (tertiary/aromatic N) is 2. The van der Waals surface area contributed by atoms with Gasteiger partial charge in [0, 0.05) is 16.7 Å². The van der Waals surface area contributed by atoms with Gasteiger partial charge in [-0.1, -0.05) is 18.2 Å². The average Bonchev–Trinajstić information content (AvgIpc) is 3.22. The number of benzene rings is 1. The Labute approximate surface area is 157 Å². The van der Waals surface area contributed by atoms with Gasteiger partial charge < -0.3 is 10.3 Å². The van der Waals surface area contributed by atoms with E-state index >= 15 is 0 Å². The molecule has 5 heteroatoms. The van der Waals surface area contributed by atoms with E-state index in [1.54, 1.807) is 0 Å². The Balaban J connectivity index is 1.55. The predicted octanol–water partition coefficient (Wildman–Crippen LogP) is 4.96. The standard InChI is InChI=1S/C21H22N4S/c1-12-9-14(7-8-22-12)21-23-11-18-16(25-21)10-17(24-18)20-13(2)15-5-3-4-6-19(15)26-20/h3-6,10-12,14,22H,7-9H2,1-2H3,(H,23,25). The third-order valence-corrected chi connectivity index (χ3v) is 6.77. The van der Waals surface area contributed by atoms with E-state index in [9.17, 15) is 0 Å². The van der Waals surface area contributed by atoms with Gasteiger partial charge in [-0.15, -0.1) is 11.3 Å². The van der Waals surface area contributed by atoms with Crippen molar-refractivity contribution in [3.05, 3.63) is 47.9 Å². The summed E-state index contributed by atoms with van der Waals surface area (Å²) in [4.78, 5) is 14.4. The Morgan fingerprint density at radius 2 is 2.08 bits per heavy atom. The number of H-pyrrole nitrogens is 1. The van der Waals surface area contributed by atoms with Crippen molar-refractivity contribution in [3.63, 3.8) is 0 Å². The predicted molar refractivity (Wildman–Crippen MR) is 108 cm³/mol. The molecule has 26 heavy (non-hydrogen) atoms. The van der Waals surface area contributed by atoms with Crippen LogP contribution >= 0.6 is 11.3 Å². The summed E-state index contributed by atoms with van der Waals surface area (Å²) in [6.07, 6.45) is 4.20. The minimum Gasteiger partial charge on any atom is -0.342 e. The van der Waals surface area contributed by atoms with Crippen LogP contribution in [0.4, 0.5) is 0 Å². The Morgan fingerprint density at radius 3 is 2.92 bits per heavy atom. The summed E-state index contributed by atoms with van der Waals surface area (Å²) < 4.78 is 1.32. The molecule has 0 saturated carbocycles. The van der Waals surface area contributed by atoms with Crippen LogP contribution in [0.1, 0.15) is 37.1 Å². The van der Waals surface area contributed by atoms with E-state index in [2.05, 4.69) is 54.5 Å². The van der Waals surface area contributed by atoms with Gasteiger partial charge in [0.15, 0.2) is 0 Å². The molecule has 1 aromatic carbocycles. The number of aromatic nitrogens is 3. The molecular formula is C21H22N4S. The van der Waals surface area contributed by atoms with Crippen LogP contribution in [0.3, 0.4) is 0 Å². The van der Waals surface area contributed by atoms with Gasteiger partial charge in [0.2, 0.25) is 0 Å². The third kappa shape index (κ3) is 2.63. The second-order valence-electron chi connectivity index (χ2n) is 7.34. The van der Waals surface area contributed by atoms with E-state index in [0.717, 1.165) is 42.3 Å². The summed E-state index contributed by atoms with van der Waals surface area (Å²) in [6, 6.07) is 11.3. The fourth-order valence-corrected chi connectivity index (χ4v) is 5.22. The number of hydrogen-bond acceptors (Lipinski definition) is 4.